The number of benzene rings is 3. The molecule has 0 fully saturated rings. The van der Waals surface area contributed by atoms with Crippen molar-refractivity contribution in [1.29, 1.82) is 0 Å². The number of hydrogen-bond donors (Lipinski definition) is 1. The SMILES string of the molecule is Cc1ccc(S(=O)(=O)N(C)c2ccc(CC(=O)Nc3ccc(C)c(Cl)c3)cc2)cc1. The highest BCUT2D eigenvalue weighted by Crippen LogP contribution is 2.23. The Kier molecular flexibility index (Phi) is 6.48. The maximum absolute atomic E-state index is 12.8. The zero-order valence-electron chi connectivity index (χ0n) is 17.0. The molecule has 0 saturated carbocycles. The summed E-state index contributed by atoms with van der Waals surface area (Å²) >= 11 is 6.09. The Labute approximate surface area is 182 Å². The predicted molar refractivity (Wildman–Crippen MR) is 122 cm³/mol. The van der Waals surface area contributed by atoms with Crippen LogP contribution in [0.3, 0.4) is 0 Å². The summed E-state index contributed by atoms with van der Waals surface area (Å²) in [5.74, 6) is -0.177. The van der Waals surface area contributed by atoms with Crippen LogP contribution in [0.5, 0.6) is 0 Å². The minimum Gasteiger partial charge on any atom is -0.326 e. The number of carbonyl (C=O) groups is 1. The molecule has 0 saturated heterocycles. The van der Waals surface area contributed by atoms with Crippen LogP contribution in [0, 0.1) is 13.8 Å². The minimum absolute atomic E-state index is 0.167. The van der Waals surface area contributed by atoms with E-state index in [0.717, 1.165) is 16.7 Å². The van der Waals surface area contributed by atoms with Crippen LogP contribution in [0.4, 0.5) is 11.4 Å². The van der Waals surface area contributed by atoms with Gasteiger partial charge in [-0.15, -0.1) is 0 Å². The normalized spacial score (nSPS) is 11.2. The van der Waals surface area contributed by atoms with Gasteiger partial charge < -0.3 is 5.32 Å². The fourth-order valence-corrected chi connectivity index (χ4v) is 4.27. The van der Waals surface area contributed by atoms with Gasteiger partial charge in [-0.2, -0.15) is 0 Å². The zero-order valence-corrected chi connectivity index (χ0v) is 18.6. The Balaban J connectivity index is 1.68. The molecular formula is C23H23ClN2O3S. The molecule has 30 heavy (non-hydrogen) atoms. The molecular weight excluding hydrogens is 420 g/mol. The van der Waals surface area contributed by atoms with E-state index in [4.69, 9.17) is 11.6 Å². The van der Waals surface area contributed by atoms with E-state index in [1.807, 2.05) is 19.9 Å². The number of nitrogens with one attached hydrogen (secondary N) is 1. The number of carbonyl (C=O) groups excluding carboxylic acids is 1. The van der Waals surface area contributed by atoms with E-state index in [0.29, 0.717) is 16.4 Å². The Hall–Kier alpha value is -2.83. The Morgan fingerprint density at radius 2 is 1.60 bits per heavy atom. The van der Waals surface area contributed by atoms with Crippen molar-refractivity contribution in [3.8, 4) is 0 Å². The first-order valence-corrected chi connectivity index (χ1v) is 11.2. The lowest BCUT2D eigenvalue weighted by Gasteiger charge is -2.20. The van der Waals surface area contributed by atoms with Crippen molar-refractivity contribution in [3.63, 3.8) is 0 Å². The highest BCUT2D eigenvalue weighted by molar-refractivity contribution is 7.92. The third kappa shape index (κ3) is 5.01. The maximum Gasteiger partial charge on any atom is 0.264 e. The first kappa shape index (κ1) is 21.9. The summed E-state index contributed by atoms with van der Waals surface area (Å²) in [6, 6.07) is 19.0. The fourth-order valence-electron chi connectivity index (χ4n) is 2.89. The van der Waals surface area contributed by atoms with Gasteiger partial charge in [-0.1, -0.05) is 47.5 Å². The zero-order chi connectivity index (χ0) is 21.9. The summed E-state index contributed by atoms with van der Waals surface area (Å²) in [6.45, 7) is 3.80. The molecule has 0 aromatic heterocycles. The van der Waals surface area contributed by atoms with Crippen LogP contribution in [0.1, 0.15) is 16.7 Å². The van der Waals surface area contributed by atoms with Gasteiger partial charge in [0.25, 0.3) is 10.0 Å². The average molecular weight is 443 g/mol. The second-order valence-corrected chi connectivity index (χ2v) is 9.52. The molecule has 0 aliphatic rings. The van der Waals surface area contributed by atoms with Crippen molar-refractivity contribution in [2.75, 3.05) is 16.7 Å². The summed E-state index contributed by atoms with van der Waals surface area (Å²) in [6.07, 6.45) is 0.167. The third-order valence-corrected chi connectivity index (χ3v) is 7.01. The number of hydrogen-bond acceptors (Lipinski definition) is 3. The van der Waals surface area contributed by atoms with Gasteiger partial charge in [-0.05, 0) is 61.4 Å². The quantitative estimate of drug-likeness (QED) is 0.586. The van der Waals surface area contributed by atoms with E-state index >= 15 is 0 Å². The standard InChI is InChI=1S/C23H23ClN2O3S/c1-16-4-12-21(13-5-16)30(28,29)26(3)20-10-7-18(8-11-20)14-23(27)25-19-9-6-17(2)22(24)15-19/h4-13,15H,14H2,1-3H3,(H,25,27). The lowest BCUT2D eigenvalue weighted by atomic mass is 10.1. The van der Waals surface area contributed by atoms with Crippen LogP contribution in [0.15, 0.2) is 71.6 Å². The van der Waals surface area contributed by atoms with E-state index in [1.54, 1.807) is 60.7 Å². The van der Waals surface area contributed by atoms with Gasteiger partial charge in [0.2, 0.25) is 5.91 Å². The number of sulfonamides is 1. The molecule has 0 aliphatic carbocycles. The van der Waals surface area contributed by atoms with Crippen LogP contribution in [-0.4, -0.2) is 21.4 Å². The van der Waals surface area contributed by atoms with Gasteiger partial charge in [0, 0.05) is 17.8 Å². The van der Waals surface area contributed by atoms with Gasteiger partial charge in [0.1, 0.15) is 0 Å². The molecule has 3 rings (SSSR count). The second-order valence-electron chi connectivity index (χ2n) is 7.14. The molecule has 0 unspecified atom stereocenters. The highest BCUT2D eigenvalue weighted by atomic mass is 35.5. The van der Waals surface area contributed by atoms with E-state index in [1.165, 1.54) is 11.4 Å². The van der Waals surface area contributed by atoms with Crippen molar-refractivity contribution in [1.82, 2.24) is 0 Å². The predicted octanol–water partition coefficient (Wildman–Crippen LogP) is 4.96. The first-order valence-electron chi connectivity index (χ1n) is 9.37. The molecule has 0 atom stereocenters. The molecule has 156 valence electrons. The summed E-state index contributed by atoms with van der Waals surface area (Å²) in [7, 11) is -2.14. The number of anilines is 2. The molecule has 0 heterocycles. The van der Waals surface area contributed by atoms with E-state index in [9.17, 15) is 13.2 Å². The Morgan fingerprint density at radius 1 is 0.967 bits per heavy atom. The molecule has 7 heteroatoms. The number of nitrogens with zero attached hydrogens (tertiary/aromatic N) is 1. The topological polar surface area (TPSA) is 66.5 Å². The average Bonchev–Trinajstić information content (AvgIpc) is 2.71. The minimum atomic E-state index is -3.65. The first-order chi connectivity index (χ1) is 14.2. The number of aryl methyl sites for hydroxylation is 2. The van der Waals surface area contributed by atoms with E-state index < -0.39 is 10.0 Å². The van der Waals surface area contributed by atoms with Gasteiger partial charge in [-0.25, -0.2) is 8.42 Å². The van der Waals surface area contributed by atoms with Crippen molar-refractivity contribution < 1.29 is 13.2 Å². The third-order valence-electron chi connectivity index (χ3n) is 4.80. The lowest BCUT2D eigenvalue weighted by molar-refractivity contribution is -0.115. The Morgan fingerprint density at radius 3 is 2.20 bits per heavy atom. The van der Waals surface area contributed by atoms with Crippen LogP contribution < -0.4 is 9.62 Å². The van der Waals surface area contributed by atoms with Crippen molar-refractivity contribution >= 4 is 38.9 Å². The van der Waals surface area contributed by atoms with Crippen LogP contribution >= 0.6 is 11.6 Å². The van der Waals surface area contributed by atoms with E-state index in [-0.39, 0.29) is 17.2 Å². The largest absolute Gasteiger partial charge is 0.326 e. The molecule has 5 nitrogen and oxygen atoms in total. The number of amides is 1. The van der Waals surface area contributed by atoms with Crippen LogP contribution in [0.2, 0.25) is 5.02 Å². The van der Waals surface area contributed by atoms with E-state index in [2.05, 4.69) is 5.32 Å². The maximum atomic E-state index is 12.8. The van der Waals surface area contributed by atoms with Crippen LogP contribution in [-0.2, 0) is 21.2 Å². The smallest absolute Gasteiger partial charge is 0.264 e. The molecule has 1 amide bonds. The fraction of sp³-hybridized carbons (Fsp3) is 0.174. The Bertz CT molecular complexity index is 1160. The van der Waals surface area contributed by atoms with Crippen LogP contribution in [0.25, 0.3) is 0 Å². The molecule has 0 spiro atoms. The van der Waals surface area contributed by atoms with Gasteiger partial charge in [-0.3, -0.25) is 9.10 Å². The van der Waals surface area contributed by atoms with Gasteiger partial charge >= 0.3 is 0 Å². The molecule has 0 bridgehead atoms. The molecule has 0 radical (unpaired) electrons. The van der Waals surface area contributed by atoms with Gasteiger partial charge in [0.05, 0.1) is 17.0 Å². The molecule has 0 aliphatic heterocycles. The molecule has 3 aromatic rings. The second kappa shape index (κ2) is 8.90. The summed E-state index contributed by atoms with van der Waals surface area (Å²) < 4.78 is 26.9. The highest BCUT2D eigenvalue weighted by Gasteiger charge is 2.21. The van der Waals surface area contributed by atoms with Gasteiger partial charge in [0.15, 0.2) is 0 Å². The van der Waals surface area contributed by atoms with Crippen molar-refractivity contribution in [2.45, 2.75) is 25.2 Å². The number of halogens is 1. The van der Waals surface area contributed by atoms with Crippen molar-refractivity contribution in [2.24, 2.45) is 0 Å². The molecule has 1 N–H and O–H groups in total. The lowest BCUT2D eigenvalue weighted by Crippen LogP contribution is -2.26. The summed E-state index contributed by atoms with van der Waals surface area (Å²) in [5.41, 5.74) is 3.86. The van der Waals surface area contributed by atoms with Crippen molar-refractivity contribution in [3.05, 3.63) is 88.4 Å². The summed E-state index contributed by atoms with van der Waals surface area (Å²) in [5, 5.41) is 3.41. The molecule has 3 aromatic carbocycles. The summed E-state index contributed by atoms with van der Waals surface area (Å²) in [4.78, 5) is 12.5. The number of rotatable bonds is 6. The monoisotopic (exact) mass is 442 g/mol.